The minimum Gasteiger partial charge on any atom is -0.349 e. The second-order valence-corrected chi connectivity index (χ2v) is 8.97. The molecule has 1 aliphatic rings. The summed E-state index contributed by atoms with van der Waals surface area (Å²) in [5.74, 6) is -0.813. The van der Waals surface area contributed by atoms with Gasteiger partial charge in [0.15, 0.2) is 0 Å². The molecule has 1 aliphatic heterocycles. The standard InChI is InChI=1S/C18H18BrFN2O3S/c19-14-4-6-17(7-5-14)26(24,25)22-10-8-16(9-11-22)21-18(23)13-2-1-3-15(20)12-13/h1-7,12,16H,8-11H2,(H,21,23). The van der Waals surface area contributed by atoms with Gasteiger partial charge < -0.3 is 5.32 Å². The fraction of sp³-hybridized carbons (Fsp3) is 0.278. The number of carbonyl (C=O) groups is 1. The van der Waals surface area contributed by atoms with Crippen LogP contribution >= 0.6 is 15.9 Å². The number of carbonyl (C=O) groups excluding carboxylic acids is 1. The highest BCUT2D eigenvalue weighted by atomic mass is 79.9. The average Bonchev–Trinajstić information content (AvgIpc) is 2.62. The summed E-state index contributed by atoms with van der Waals surface area (Å²) in [5, 5.41) is 2.85. The molecule has 0 saturated carbocycles. The molecule has 1 heterocycles. The fourth-order valence-corrected chi connectivity index (χ4v) is 4.63. The van der Waals surface area contributed by atoms with Crippen LogP contribution in [0.3, 0.4) is 0 Å². The lowest BCUT2D eigenvalue weighted by atomic mass is 10.1. The van der Waals surface area contributed by atoms with E-state index < -0.39 is 15.8 Å². The molecule has 0 spiro atoms. The predicted molar refractivity (Wildman–Crippen MR) is 99.8 cm³/mol. The van der Waals surface area contributed by atoms with Crippen molar-refractivity contribution < 1.29 is 17.6 Å². The number of sulfonamides is 1. The molecule has 0 unspecified atom stereocenters. The Labute approximate surface area is 160 Å². The number of hydrogen-bond acceptors (Lipinski definition) is 3. The number of rotatable bonds is 4. The third kappa shape index (κ3) is 4.31. The van der Waals surface area contributed by atoms with Gasteiger partial charge in [0.1, 0.15) is 5.82 Å². The van der Waals surface area contributed by atoms with Crippen LogP contribution in [0.4, 0.5) is 4.39 Å². The second-order valence-electron chi connectivity index (χ2n) is 6.12. The molecule has 5 nitrogen and oxygen atoms in total. The van der Waals surface area contributed by atoms with Crippen LogP contribution in [0.2, 0.25) is 0 Å². The van der Waals surface area contributed by atoms with Crippen molar-refractivity contribution in [2.24, 2.45) is 0 Å². The van der Waals surface area contributed by atoms with E-state index in [9.17, 15) is 17.6 Å². The van der Waals surface area contributed by atoms with Crippen LogP contribution in [0.25, 0.3) is 0 Å². The van der Waals surface area contributed by atoms with Crippen molar-refractivity contribution in [3.63, 3.8) is 0 Å². The number of nitrogens with one attached hydrogen (secondary N) is 1. The first kappa shape index (κ1) is 19.0. The molecule has 2 aromatic rings. The Kier molecular flexibility index (Phi) is 5.74. The van der Waals surface area contributed by atoms with Crippen molar-refractivity contribution in [3.05, 3.63) is 64.4 Å². The topological polar surface area (TPSA) is 66.5 Å². The van der Waals surface area contributed by atoms with Crippen molar-refractivity contribution in [3.8, 4) is 0 Å². The Morgan fingerprint density at radius 2 is 1.77 bits per heavy atom. The number of piperidine rings is 1. The second kappa shape index (κ2) is 7.85. The third-order valence-corrected chi connectivity index (χ3v) is 6.77. The van der Waals surface area contributed by atoms with Crippen LogP contribution in [0, 0.1) is 5.82 Å². The first-order chi connectivity index (χ1) is 12.4. The largest absolute Gasteiger partial charge is 0.349 e. The van der Waals surface area contributed by atoms with Gasteiger partial charge in [-0.2, -0.15) is 4.31 Å². The summed E-state index contributed by atoms with van der Waals surface area (Å²) in [6.45, 7) is 0.652. The molecule has 0 aromatic heterocycles. The molecule has 1 saturated heterocycles. The van der Waals surface area contributed by atoms with Crippen LogP contribution < -0.4 is 5.32 Å². The molecule has 26 heavy (non-hydrogen) atoms. The smallest absolute Gasteiger partial charge is 0.251 e. The maximum Gasteiger partial charge on any atom is 0.251 e. The Balaban J connectivity index is 1.60. The minimum atomic E-state index is -3.54. The number of halogens is 2. The van der Waals surface area contributed by atoms with Crippen LogP contribution in [-0.2, 0) is 10.0 Å². The molecule has 1 amide bonds. The van der Waals surface area contributed by atoms with Crippen molar-refractivity contribution in [1.82, 2.24) is 9.62 Å². The Morgan fingerprint density at radius 1 is 1.12 bits per heavy atom. The van der Waals surface area contributed by atoms with E-state index >= 15 is 0 Å². The Bertz CT molecular complexity index is 895. The highest BCUT2D eigenvalue weighted by Gasteiger charge is 2.30. The molecule has 0 bridgehead atoms. The van der Waals surface area contributed by atoms with Crippen molar-refractivity contribution in [2.75, 3.05) is 13.1 Å². The molecule has 1 fully saturated rings. The molecule has 0 aliphatic carbocycles. The van der Waals surface area contributed by atoms with Crippen LogP contribution in [0.1, 0.15) is 23.2 Å². The van der Waals surface area contributed by atoms with Gasteiger partial charge in [-0.05, 0) is 55.3 Å². The van der Waals surface area contributed by atoms with Gasteiger partial charge in [-0.15, -0.1) is 0 Å². The van der Waals surface area contributed by atoms with Gasteiger partial charge in [-0.3, -0.25) is 4.79 Å². The van der Waals surface area contributed by atoms with Gasteiger partial charge in [0.2, 0.25) is 10.0 Å². The van der Waals surface area contributed by atoms with Crippen LogP contribution in [0.5, 0.6) is 0 Å². The summed E-state index contributed by atoms with van der Waals surface area (Å²) in [5.41, 5.74) is 0.259. The number of nitrogens with zero attached hydrogens (tertiary/aromatic N) is 1. The number of hydrogen-bond donors (Lipinski definition) is 1. The SMILES string of the molecule is O=C(NC1CCN(S(=O)(=O)c2ccc(Br)cc2)CC1)c1cccc(F)c1. The minimum absolute atomic E-state index is 0.137. The average molecular weight is 441 g/mol. The quantitative estimate of drug-likeness (QED) is 0.793. The van der Waals surface area contributed by atoms with Gasteiger partial charge in [-0.25, -0.2) is 12.8 Å². The van der Waals surface area contributed by atoms with E-state index in [0.717, 1.165) is 4.47 Å². The van der Waals surface area contributed by atoms with E-state index in [0.29, 0.717) is 25.9 Å². The lowest BCUT2D eigenvalue weighted by molar-refractivity contribution is 0.0923. The monoisotopic (exact) mass is 440 g/mol. The number of amides is 1. The maximum absolute atomic E-state index is 13.2. The molecule has 3 rings (SSSR count). The van der Waals surface area contributed by atoms with Gasteiger partial charge in [0, 0.05) is 29.2 Å². The summed E-state index contributed by atoms with van der Waals surface area (Å²) in [4.78, 5) is 12.4. The van der Waals surface area contributed by atoms with Crippen LogP contribution in [0.15, 0.2) is 57.9 Å². The lowest BCUT2D eigenvalue weighted by Crippen LogP contribution is -2.46. The van der Waals surface area contributed by atoms with Crippen LogP contribution in [-0.4, -0.2) is 37.8 Å². The molecule has 0 atom stereocenters. The molecule has 8 heteroatoms. The summed E-state index contributed by atoms with van der Waals surface area (Å²) >= 11 is 3.29. The molecule has 2 aromatic carbocycles. The van der Waals surface area contributed by atoms with Gasteiger partial charge in [-0.1, -0.05) is 22.0 Å². The van der Waals surface area contributed by atoms with Crippen molar-refractivity contribution in [1.29, 1.82) is 0 Å². The lowest BCUT2D eigenvalue weighted by Gasteiger charge is -2.31. The van der Waals surface area contributed by atoms with E-state index in [-0.39, 0.29) is 22.4 Å². The summed E-state index contributed by atoms with van der Waals surface area (Å²) in [7, 11) is -3.54. The fourth-order valence-electron chi connectivity index (χ4n) is 2.89. The van der Waals surface area contributed by atoms with E-state index in [1.54, 1.807) is 30.3 Å². The zero-order valence-corrected chi connectivity index (χ0v) is 16.3. The van der Waals surface area contributed by atoms with E-state index in [1.807, 2.05) is 0 Å². The van der Waals surface area contributed by atoms with Gasteiger partial charge in [0.05, 0.1) is 4.90 Å². The summed E-state index contributed by atoms with van der Waals surface area (Å²) < 4.78 is 40.8. The first-order valence-electron chi connectivity index (χ1n) is 8.18. The molecule has 0 radical (unpaired) electrons. The predicted octanol–water partition coefficient (Wildman–Crippen LogP) is 3.17. The van der Waals surface area contributed by atoms with E-state index in [1.165, 1.54) is 22.5 Å². The van der Waals surface area contributed by atoms with Gasteiger partial charge in [0.25, 0.3) is 5.91 Å². The van der Waals surface area contributed by atoms with E-state index in [4.69, 9.17) is 0 Å². The molecule has 138 valence electrons. The zero-order chi connectivity index (χ0) is 18.7. The Morgan fingerprint density at radius 3 is 2.38 bits per heavy atom. The summed E-state index contributed by atoms with van der Waals surface area (Å²) in [6, 6.07) is 11.9. The number of benzene rings is 2. The van der Waals surface area contributed by atoms with Crippen molar-refractivity contribution in [2.45, 2.75) is 23.8 Å². The maximum atomic E-state index is 13.2. The van der Waals surface area contributed by atoms with Gasteiger partial charge >= 0.3 is 0 Å². The zero-order valence-electron chi connectivity index (χ0n) is 13.9. The highest BCUT2D eigenvalue weighted by molar-refractivity contribution is 9.10. The molecular formula is C18H18BrFN2O3S. The molecular weight excluding hydrogens is 423 g/mol. The summed E-state index contributed by atoms with van der Waals surface area (Å²) in [6.07, 6.45) is 1.02. The molecule has 1 N–H and O–H groups in total. The normalized spacial score (nSPS) is 16.4. The Hall–Kier alpha value is -1.77. The van der Waals surface area contributed by atoms with E-state index in [2.05, 4.69) is 21.2 Å². The first-order valence-corrected chi connectivity index (χ1v) is 10.4. The highest BCUT2D eigenvalue weighted by Crippen LogP contribution is 2.22. The third-order valence-electron chi connectivity index (χ3n) is 4.33. The van der Waals surface area contributed by atoms with Crippen molar-refractivity contribution >= 4 is 31.9 Å².